The smallest absolute Gasteiger partial charge is 0.115 e. The Morgan fingerprint density at radius 1 is 0.806 bits per heavy atom. The first-order chi connectivity index (χ1) is 15.1. The number of phenols is 1. The van der Waals surface area contributed by atoms with Crippen molar-refractivity contribution in [1.82, 2.24) is 10.3 Å². The fourth-order valence-electron chi connectivity index (χ4n) is 3.98. The average molecular weight is 453 g/mol. The van der Waals surface area contributed by atoms with Crippen molar-refractivity contribution in [2.75, 3.05) is 13.1 Å². The molecule has 3 nitrogen and oxygen atoms in total. The fourth-order valence-corrected chi connectivity index (χ4v) is 4.51. The Labute approximate surface area is 193 Å². The van der Waals surface area contributed by atoms with E-state index in [0.29, 0.717) is 15.8 Å². The van der Waals surface area contributed by atoms with E-state index in [-0.39, 0.29) is 0 Å². The van der Waals surface area contributed by atoms with Gasteiger partial charge in [0.25, 0.3) is 0 Å². The summed E-state index contributed by atoms with van der Waals surface area (Å²) in [5.74, 6) is 0.321. The van der Waals surface area contributed by atoms with Gasteiger partial charge in [0.05, 0.1) is 0 Å². The van der Waals surface area contributed by atoms with Crippen LogP contribution in [0.5, 0.6) is 5.75 Å². The topological polar surface area (TPSA) is 48.0 Å². The van der Waals surface area contributed by atoms with Gasteiger partial charge in [-0.3, -0.25) is 0 Å². The lowest BCUT2D eigenvalue weighted by Gasteiger charge is -2.08. The molecule has 5 heteroatoms. The summed E-state index contributed by atoms with van der Waals surface area (Å²) < 4.78 is 0. The summed E-state index contributed by atoms with van der Waals surface area (Å²) in [6.45, 7) is 1.89. The fraction of sp³-hybridized carbons (Fsp3) is 0.231. The van der Waals surface area contributed by atoms with E-state index in [1.807, 2.05) is 30.3 Å². The lowest BCUT2D eigenvalue weighted by atomic mass is 10.0. The van der Waals surface area contributed by atoms with Crippen LogP contribution in [0.3, 0.4) is 0 Å². The second-order valence-electron chi connectivity index (χ2n) is 7.81. The zero-order valence-corrected chi connectivity index (χ0v) is 18.8. The van der Waals surface area contributed by atoms with Gasteiger partial charge in [-0.1, -0.05) is 53.5 Å². The first kappa shape index (κ1) is 21.8. The molecule has 0 saturated carbocycles. The average Bonchev–Trinajstić information content (AvgIpc) is 3.12. The zero-order valence-electron chi connectivity index (χ0n) is 17.3. The Morgan fingerprint density at radius 2 is 1.55 bits per heavy atom. The lowest BCUT2D eigenvalue weighted by molar-refractivity contribution is 0.475. The third kappa shape index (κ3) is 5.62. The Morgan fingerprint density at radius 3 is 2.32 bits per heavy atom. The Hall–Kier alpha value is -2.46. The highest BCUT2D eigenvalue weighted by Crippen LogP contribution is 2.33. The molecule has 31 heavy (non-hydrogen) atoms. The maximum atomic E-state index is 9.36. The number of halogens is 2. The molecule has 0 spiro atoms. The summed E-state index contributed by atoms with van der Waals surface area (Å²) in [4.78, 5) is 3.56. The number of aromatic nitrogens is 1. The highest BCUT2D eigenvalue weighted by molar-refractivity contribution is 6.35. The monoisotopic (exact) mass is 452 g/mol. The van der Waals surface area contributed by atoms with Crippen LogP contribution in [0.1, 0.15) is 24.0 Å². The third-order valence-corrected chi connectivity index (χ3v) is 5.96. The number of unbranched alkanes of at least 4 members (excludes halogenated alkanes) is 1. The van der Waals surface area contributed by atoms with Crippen LogP contribution >= 0.6 is 23.2 Å². The van der Waals surface area contributed by atoms with E-state index in [4.69, 9.17) is 23.2 Å². The van der Waals surface area contributed by atoms with Crippen LogP contribution in [-0.4, -0.2) is 23.2 Å². The quantitative estimate of drug-likeness (QED) is 0.239. The van der Waals surface area contributed by atoms with Gasteiger partial charge in [-0.15, -0.1) is 0 Å². The molecular formula is C26H26Cl2N2O. The predicted molar refractivity (Wildman–Crippen MR) is 131 cm³/mol. The lowest BCUT2D eigenvalue weighted by Crippen LogP contribution is -2.18. The van der Waals surface area contributed by atoms with Gasteiger partial charge in [-0.05, 0) is 86.3 Å². The molecule has 0 aliphatic heterocycles. The second kappa shape index (κ2) is 10.2. The van der Waals surface area contributed by atoms with Crippen molar-refractivity contribution in [1.29, 1.82) is 0 Å². The van der Waals surface area contributed by atoms with Crippen LogP contribution in [-0.2, 0) is 12.8 Å². The molecule has 1 aromatic heterocycles. The van der Waals surface area contributed by atoms with Gasteiger partial charge in [0.1, 0.15) is 5.75 Å². The summed E-state index contributed by atoms with van der Waals surface area (Å²) in [5, 5.41) is 15.5. The zero-order chi connectivity index (χ0) is 21.6. The number of para-hydroxylation sites is 1. The summed E-state index contributed by atoms with van der Waals surface area (Å²) in [7, 11) is 0. The second-order valence-corrected chi connectivity index (χ2v) is 8.68. The van der Waals surface area contributed by atoms with E-state index in [1.54, 1.807) is 18.2 Å². The van der Waals surface area contributed by atoms with Crippen LogP contribution < -0.4 is 5.32 Å². The minimum Gasteiger partial charge on any atom is -0.508 e. The summed E-state index contributed by atoms with van der Waals surface area (Å²) in [6, 6.07) is 21.5. The van der Waals surface area contributed by atoms with Crippen molar-refractivity contribution in [2.45, 2.75) is 25.7 Å². The Bertz CT molecular complexity index is 1130. The number of H-pyrrole nitrogens is 1. The molecule has 3 N–H and O–H groups in total. The van der Waals surface area contributed by atoms with Gasteiger partial charge in [0, 0.05) is 32.2 Å². The van der Waals surface area contributed by atoms with E-state index in [2.05, 4.69) is 28.5 Å². The van der Waals surface area contributed by atoms with Gasteiger partial charge < -0.3 is 15.4 Å². The van der Waals surface area contributed by atoms with Crippen LogP contribution in [0.25, 0.3) is 22.2 Å². The number of aryl methyl sites for hydroxylation is 1. The molecule has 0 amide bonds. The molecule has 0 aliphatic carbocycles. The van der Waals surface area contributed by atoms with Gasteiger partial charge in [-0.2, -0.15) is 0 Å². The molecule has 3 aromatic carbocycles. The molecule has 0 fully saturated rings. The Balaban J connectivity index is 1.36. The molecule has 160 valence electrons. The number of nitrogens with one attached hydrogen (secondary N) is 2. The molecule has 4 aromatic rings. The number of benzene rings is 3. The van der Waals surface area contributed by atoms with E-state index in [1.165, 1.54) is 16.5 Å². The number of hydrogen-bond acceptors (Lipinski definition) is 2. The summed E-state index contributed by atoms with van der Waals surface area (Å²) >= 11 is 12.5. The van der Waals surface area contributed by atoms with Crippen molar-refractivity contribution < 1.29 is 5.11 Å². The normalized spacial score (nSPS) is 11.3. The molecule has 0 unspecified atom stereocenters. The van der Waals surface area contributed by atoms with E-state index in [9.17, 15) is 5.11 Å². The van der Waals surface area contributed by atoms with Crippen molar-refractivity contribution in [3.05, 3.63) is 87.9 Å². The number of fused-ring (bicyclic) bond motifs is 1. The summed E-state index contributed by atoms with van der Waals surface area (Å²) in [6.07, 6.45) is 4.19. The number of phenolic OH excluding ortho intramolecular Hbond substituents is 1. The largest absolute Gasteiger partial charge is 0.508 e. The third-order valence-electron chi connectivity index (χ3n) is 5.52. The molecule has 0 saturated heterocycles. The van der Waals surface area contributed by atoms with Crippen molar-refractivity contribution in [3.8, 4) is 17.0 Å². The highest BCUT2D eigenvalue weighted by Gasteiger charge is 2.13. The SMILES string of the molecule is Oc1ccc(CCCCNCCc2c(-c3cc(Cl)cc(Cl)c3)[nH]c3ccccc23)cc1. The molecule has 1 heterocycles. The van der Waals surface area contributed by atoms with Gasteiger partial charge >= 0.3 is 0 Å². The van der Waals surface area contributed by atoms with Crippen LogP contribution in [0, 0.1) is 0 Å². The first-order valence-electron chi connectivity index (χ1n) is 10.6. The minimum atomic E-state index is 0.321. The first-order valence-corrected chi connectivity index (χ1v) is 11.4. The number of hydrogen-bond donors (Lipinski definition) is 3. The standard InChI is InChI=1S/C26H26Cl2N2O/c27-20-15-19(16-21(28)17-20)26-24(23-6-1-2-7-25(23)30-26)12-14-29-13-4-3-5-18-8-10-22(31)11-9-18/h1-2,6-11,15-17,29-31H,3-5,12-14H2. The predicted octanol–water partition coefficient (Wildman–Crippen LogP) is 7.00. The minimum absolute atomic E-state index is 0.321. The highest BCUT2D eigenvalue weighted by atomic mass is 35.5. The summed E-state index contributed by atoms with van der Waals surface area (Å²) in [5.41, 5.74) is 5.77. The number of rotatable bonds is 9. The van der Waals surface area contributed by atoms with Gasteiger partial charge in [0.15, 0.2) is 0 Å². The molecule has 0 aliphatic rings. The molecular weight excluding hydrogens is 427 g/mol. The molecule has 0 radical (unpaired) electrons. The number of aromatic amines is 1. The van der Waals surface area contributed by atoms with E-state index < -0.39 is 0 Å². The maximum Gasteiger partial charge on any atom is 0.115 e. The van der Waals surface area contributed by atoms with Crippen molar-refractivity contribution in [3.63, 3.8) is 0 Å². The molecule has 0 bridgehead atoms. The van der Waals surface area contributed by atoms with Crippen molar-refractivity contribution >= 4 is 34.1 Å². The van der Waals surface area contributed by atoms with Gasteiger partial charge in [-0.25, -0.2) is 0 Å². The van der Waals surface area contributed by atoms with Crippen molar-refractivity contribution in [2.24, 2.45) is 0 Å². The van der Waals surface area contributed by atoms with E-state index in [0.717, 1.165) is 55.5 Å². The van der Waals surface area contributed by atoms with E-state index >= 15 is 0 Å². The van der Waals surface area contributed by atoms with Crippen LogP contribution in [0.2, 0.25) is 10.0 Å². The maximum absolute atomic E-state index is 9.36. The molecule has 4 rings (SSSR count). The van der Waals surface area contributed by atoms with Gasteiger partial charge in [0.2, 0.25) is 0 Å². The molecule has 0 atom stereocenters. The number of aromatic hydroxyl groups is 1. The Kier molecular flexibility index (Phi) is 7.18. The van der Waals surface area contributed by atoms with Crippen LogP contribution in [0.15, 0.2) is 66.7 Å². The van der Waals surface area contributed by atoms with Crippen LogP contribution in [0.4, 0.5) is 0 Å².